The molecule has 0 aliphatic rings. The van der Waals surface area contributed by atoms with E-state index in [1.165, 1.54) is 0 Å². The maximum atomic E-state index is 12.1. The molecule has 0 aliphatic carbocycles. The van der Waals surface area contributed by atoms with Gasteiger partial charge in [-0.15, -0.1) is 0 Å². The molecule has 24 heavy (non-hydrogen) atoms. The van der Waals surface area contributed by atoms with Gasteiger partial charge in [-0.2, -0.15) is 0 Å². The van der Waals surface area contributed by atoms with Crippen molar-refractivity contribution in [3.63, 3.8) is 0 Å². The first-order valence-electron chi connectivity index (χ1n) is 9.05. The Labute approximate surface area is 145 Å². The van der Waals surface area contributed by atoms with Crippen LogP contribution in [0.25, 0.3) is 0 Å². The van der Waals surface area contributed by atoms with Gasteiger partial charge in [-0.05, 0) is 25.7 Å². The van der Waals surface area contributed by atoms with Crippen LogP contribution < -0.4 is 0 Å². The number of hydrogen-bond donors (Lipinski definition) is 0. The molecule has 0 saturated heterocycles. The van der Waals surface area contributed by atoms with Crippen molar-refractivity contribution in [3.05, 3.63) is 0 Å². The van der Waals surface area contributed by atoms with Crippen molar-refractivity contribution in [2.75, 3.05) is 19.8 Å². The molecule has 0 bridgehead atoms. The molecule has 0 rings (SSSR count). The van der Waals surface area contributed by atoms with E-state index in [0.717, 1.165) is 38.5 Å². The lowest BCUT2D eigenvalue weighted by Crippen LogP contribution is -2.29. The van der Waals surface area contributed by atoms with Crippen LogP contribution in [0, 0.1) is 5.92 Å². The van der Waals surface area contributed by atoms with Gasteiger partial charge in [-0.1, -0.05) is 40.0 Å². The average molecular weight is 344 g/mol. The van der Waals surface area contributed by atoms with Gasteiger partial charge in [-0.3, -0.25) is 14.4 Å². The van der Waals surface area contributed by atoms with Crippen molar-refractivity contribution >= 4 is 17.9 Å². The number of esters is 3. The number of rotatable bonds is 14. The Morgan fingerprint density at radius 2 is 1.12 bits per heavy atom. The monoisotopic (exact) mass is 344 g/mol. The molecule has 0 aromatic carbocycles. The summed E-state index contributed by atoms with van der Waals surface area (Å²) in [6, 6.07) is 0. The maximum Gasteiger partial charge on any atom is 0.320 e. The van der Waals surface area contributed by atoms with Crippen LogP contribution in [0.2, 0.25) is 0 Å². The highest BCUT2D eigenvalue weighted by atomic mass is 16.6. The van der Waals surface area contributed by atoms with E-state index < -0.39 is 23.8 Å². The molecule has 0 unspecified atom stereocenters. The van der Waals surface area contributed by atoms with Gasteiger partial charge in [0.15, 0.2) is 5.92 Å². The lowest BCUT2D eigenvalue weighted by atomic mass is 10.0. The molecule has 0 heterocycles. The second kappa shape index (κ2) is 15.0. The summed E-state index contributed by atoms with van der Waals surface area (Å²) in [6.07, 6.45) is 5.05. The highest BCUT2D eigenvalue weighted by molar-refractivity contribution is 5.95. The van der Waals surface area contributed by atoms with E-state index >= 15 is 0 Å². The first-order valence-corrected chi connectivity index (χ1v) is 9.05. The van der Waals surface area contributed by atoms with E-state index in [-0.39, 0.29) is 26.1 Å². The number of ether oxygens (including phenoxy) is 3. The number of carbonyl (C=O) groups is 3. The summed E-state index contributed by atoms with van der Waals surface area (Å²) in [5, 5.41) is 0. The molecule has 0 N–H and O–H groups in total. The minimum Gasteiger partial charge on any atom is -0.466 e. The van der Waals surface area contributed by atoms with E-state index in [1.807, 2.05) is 20.8 Å². The van der Waals surface area contributed by atoms with Crippen molar-refractivity contribution in [1.82, 2.24) is 0 Å². The van der Waals surface area contributed by atoms with Gasteiger partial charge in [0.1, 0.15) is 0 Å². The second-order valence-corrected chi connectivity index (χ2v) is 5.71. The fraction of sp³-hybridized carbons (Fsp3) is 0.833. The molecule has 0 aromatic heterocycles. The van der Waals surface area contributed by atoms with Crippen molar-refractivity contribution in [3.8, 4) is 0 Å². The molecule has 0 fully saturated rings. The fourth-order valence-electron chi connectivity index (χ4n) is 1.83. The minimum atomic E-state index is -1.06. The standard InChI is InChI=1S/C18H32O6/c1-4-7-12-22-16(19)11-10-15(17(20)23-13-8-5-2)18(21)24-14-9-6-3/h15H,4-14H2,1-3H3. The summed E-state index contributed by atoms with van der Waals surface area (Å²) >= 11 is 0. The molecule has 140 valence electrons. The Morgan fingerprint density at radius 3 is 1.54 bits per heavy atom. The maximum absolute atomic E-state index is 12.1. The number of carbonyl (C=O) groups excluding carboxylic acids is 3. The van der Waals surface area contributed by atoms with E-state index in [9.17, 15) is 14.4 Å². The lowest BCUT2D eigenvalue weighted by Gasteiger charge is -2.15. The molecule has 0 saturated carbocycles. The predicted molar refractivity (Wildman–Crippen MR) is 90.3 cm³/mol. The van der Waals surface area contributed by atoms with Crippen molar-refractivity contribution in [2.24, 2.45) is 5.92 Å². The van der Waals surface area contributed by atoms with Crippen LogP contribution in [0.15, 0.2) is 0 Å². The Bertz CT molecular complexity index is 345. The fourth-order valence-corrected chi connectivity index (χ4v) is 1.83. The summed E-state index contributed by atoms with van der Waals surface area (Å²) < 4.78 is 15.3. The van der Waals surface area contributed by atoms with Gasteiger partial charge >= 0.3 is 17.9 Å². The molecule has 0 aliphatic heterocycles. The van der Waals surface area contributed by atoms with Crippen LogP contribution in [0.3, 0.4) is 0 Å². The topological polar surface area (TPSA) is 78.9 Å². The molecule has 0 aromatic rings. The van der Waals surface area contributed by atoms with Gasteiger partial charge in [0, 0.05) is 6.42 Å². The first kappa shape index (κ1) is 22.4. The number of hydrogen-bond acceptors (Lipinski definition) is 6. The molecular weight excluding hydrogens is 312 g/mol. The predicted octanol–water partition coefficient (Wildman–Crippen LogP) is 3.41. The third-order valence-corrected chi connectivity index (χ3v) is 3.45. The van der Waals surface area contributed by atoms with E-state index in [1.54, 1.807) is 0 Å². The minimum absolute atomic E-state index is 0.000135. The summed E-state index contributed by atoms with van der Waals surface area (Å²) in [4.78, 5) is 35.8. The summed E-state index contributed by atoms with van der Waals surface area (Å²) in [5.74, 6) is -2.70. The van der Waals surface area contributed by atoms with Crippen molar-refractivity contribution in [1.29, 1.82) is 0 Å². The molecular formula is C18H32O6. The zero-order valence-electron chi connectivity index (χ0n) is 15.3. The second-order valence-electron chi connectivity index (χ2n) is 5.71. The van der Waals surface area contributed by atoms with Gasteiger partial charge in [-0.25, -0.2) is 0 Å². The highest BCUT2D eigenvalue weighted by Gasteiger charge is 2.30. The average Bonchev–Trinajstić information content (AvgIpc) is 2.55. The van der Waals surface area contributed by atoms with Gasteiger partial charge in [0.25, 0.3) is 0 Å². The SMILES string of the molecule is CCCCOC(=O)CCC(C(=O)OCCCC)C(=O)OCCCC. The molecule has 6 nitrogen and oxygen atoms in total. The van der Waals surface area contributed by atoms with Crippen LogP contribution >= 0.6 is 0 Å². The van der Waals surface area contributed by atoms with Crippen molar-refractivity contribution in [2.45, 2.75) is 72.1 Å². The van der Waals surface area contributed by atoms with E-state index in [4.69, 9.17) is 14.2 Å². The third-order valence-electron chi connectivity index (χ3n) is 3.45. The molecule has 0 amide bonds. The van der Waals surface area contributed by atoms with Crippen LogP contribution in [-0.4, -0.2) is 37.7 Å². The van der Waals surface area contributed by atoms with Crippen molar-refractivity contribution < 1.29 is 28.6 Å². The molecule has 0 radical (unpaired) electrons. The Kier molecular flexibility index (Phi) is 14.0. The van der Waals surface area contributed by atoms with E-state index in [0.29, 0.717) is 6.61 Å². The normalized spacial score (nSPS) is 10.5. The molecule has 6 heteroatoms. The zero-order valence-corrected chi connectivity index (χ0v) is 15.3. The van der Waals surface area contributed by atoms with Crippen LogP contribution in [0.5, 0.6) is 0 Å². The number of unbranched alkanes of at least 4 members (excludes halogenated alkanes) is 3. The largest absolute Gasteiger partial charge is 0.466 e. The lowest BCUT2D eigenvalue weighted by molar-refractivity contribution is -0.163. The first-order chi connectivity index (χ1) is 11.6. The Morgan fingerprint density at radius 1 is 0.708 bits per heavy atom. The summed E-state index contributed by atoms with van der Waals surface area (Å²) in [6.45, 7) is 6.88. The van der Waals surface area contributed by atoms with Crippen LogP contribution in [-0.2, 0) is 28.6 Å². The van der Waals surface area contributed by atoms with Gasteiger partial charge in [0.2, 0.25) is 0 Å². The van der Waals surface area contributed by atoms with E-state index in [2.05, 4.69) is 0 Å². The quantitative estimate of drug-likeness (QED) is 0.208. The molecule has 0 atom stereocenters. The van der Waals surface area contributed by atoms with Gasteiger partial charge in [0.05, 0.1) is 19.8 Å². The summed E-state index contributed by atoms with van der Waals surface area (Å²) in [5.41, 5.74) is 0. The zero-order chi connectivity index (χ0) is 18.2. The van der Waals surface area contributed by atoms with Crippen LogP contribution in [0.1, 0.15) is 72.1 Å². The Hall–Kier alpha value is -1.59. The summed E-state index contributed by atoms with van der Waals surface area (Å²) in [7, 11) is 0. The smallest absolute Gasteiger partial charge is 0.320 e. The molecule has 0 spiro atoms. The third kappa shape index (κ3) is 11.0. The van der Waals surface area contributed by atoms with Crippen LogP contribution in [0.4, 0.5) is 0 Å². The Balaban J connectivity index is 4.46. The van der Waals surface area contributed by atoms with Gasteiger partial charge < -0.3 is 14.2 Å². The highest BCUT2D eigenvalue weighted by Crippen LogP contribution is 2.13.